The van der Waals surface area contributed by atoms with Gasteiger partial charge in [0, 0.05) is 19.2 Å². The molecule has 0 radical (unpaired) electrons. The van der Waals surface area contributed by atoms with E-state index in [0.717, 1.165) is 0 Å². The van der Waals surface area contributed by atoms with Crippen molar-refractivity contribution in [3.63, 3.8) is 0 Å². The lowest BCUT2D eigenvalue weighted by molar-refractivity contribution is 0.723. The average molecular weight is 481 g/mol. The van der Waals surface area contributed by atoms with E-state index in [4.69, 9.17) is 0 Å². The Labute approximate surface area is 210 Å². The predicted molar refractivity (Wildman–Crippen MR) is 156 cm³/mol. The topological polar surface area (TPSA) is 0 Å². The fourth-order valence-corrected chi connectivity index (χ4v) is 7.67. The molecule has 0 bridgehead atoms. The fourth-order valence-electron chi connectivity index (χ4n) is 5.40. The van der Waals surface area contributed by atoms with Gasteiger partial charge in [-0.1, -0.05) is 63.8 Å². The molecule has 0 nitrogen and oxygen atoms in total. The van der Waals surface area contributed by atoms with Crippen LogP contribution in [0, 0.1) is 0 Å². The summed E-state index contributed by atoms with van der Waals surface area (Å²) in [6.45, 7) is 4.56. The molecular formula is C32H32S2. The zero-order valence-corrected chi connectivity index (χ0v) is 21.9. The molecule has 0 spiro atoms. The number of benzene rings is 4. The van der Waals surface area contributed by atoms with Crippen LogP contribution in [0.2, 0.25) is 0 Å². The minimum Gasteiger partial charge on any atom is -0.140 e. The molecule has 2 heteroatoms. The molecule has 4 aromatic carbocycles. The summed E-state index contributed by atoms with van der Waals surface area (Å²) in [6.07, 6.45) is 10.2. The summed E-state index contributed by atoms with van der Waals surface area (Å²) < 4.78 is 2.85. The maximum absolute atomic E-state index is 2.44. The van der Waals surface area contributed by atoms with Crippen LogP contribution in [0.1, 0.15) is 62.1 Å². The molecule has 0 N–H and O–H groups in total. The maximum atomic E-state index is 2.44. The molecule has 34 heavy (non-hydrogen) atoms. The SMILES string of the molecule is CCCCCc1cc2cc3c(ccc4c5cc6cc(CCCCC)sc6cc5ccc34)cc2s1. The lowest BCUT2D eigenvalue weighted by atomic mass is 9.96. The van der Waals surface area contributed by atoms with E-state index >= 15 is 0 Å². The summed E-state index contributed by atoms with van der Waals surface area (Å²) in [5.74, 6) is 0. The van der Waals surface area contributed by atoms with Crippen LogP contribution in [0.15, 0.2) is 60.7 Å². The molecule has 2 aromatic heterocycles. The Balaban J connectivity index is 1.46. The lowest BCUT2D eigenvalue weighted by Crippen LogP contribution is -1.81. The zero-order chi connectivity index (χ0) is 23.1. The van der Waals surface area contributed by atoms with Gasteiger partial charge in [-0.05, 0) is 105 Å². The molecule has 0 saturated carbocycles. The number of fused-ring (bicyclic) bond motifs is 7. The number of unbranched alkanes of at least 4 members (excludes halogenated alkanes) is 4. The molecule has 0 aliphatic carbocycles. The molecule has 0 unspecified atom stereocenters. The molecular weight excluding hydrogens is 448 g/mol. The summed E-state index contributed by atoms with van der Waals surface area (Å²) in [7, 11) is 0. The van der Waals surface area contributed by atoms with Gasteiger partial charge in [0.15, 0.2) is 0 Å². The second kappa shape index (κ2) is 9.32. The lowest BCUT2D eigenvalue weighted by Gasteiger charge is -2.08. The van der Waals surface area contributed by atoms with Crippen LogP contribution in [0.3, 0.4) is 0 Å². The van der Waals surface area contributed by atoms with E-state index in [1.165, 1.54) is 114 Å². The standard InChI is InChI=1S/C32H32S2/c1-3-5-7-9-25-15-23-17-29-21(19-31(23)33-25)11-13-28-27(29)14-12-22-20-32-24(18-30(22)28)16-26(34-32)10-8-6-4-2/h11-20H,3-10H2,1-2H3. The summed E-state index contributed by atoms with van der Waals surface area (Å²) in [5.41, 5.74) is 0. The van der Waals surface area contributed by atoms with Crippen LogP contribution >= 0.6 is 22.7 Å². The smallest absolute Gasteiger partial charge is 0.0352 e. The van der Waals surface area contributed by atoms with Gasteiger partial charge in [-0.3, -0.25) is 0 Å². The van der Waals surface area contributed by atoms with E-state index in [1.807, 2.05) is 22.7 Å². The third-order valence-electron chi connectivity index (χ3n) is 7.26. The average Bonchev–Trinajstić information content (AvgIpc) is 3.43. The third kappa shape index (κ3) is 4.01. The largest absolute Gasteiger partial charge is 0.140 e. The van der Waals surface area contributed by atoms with Crippen LogP contribution in [-0.4, -0.2) is 0 Å². The Hall–Kier alpha value is -2.42. The van der Waals surface area contributed by atoms with Gasteiger partial charge in [-0.25, -0.2) is 0 Å². The van der Waals surface area contributed by atoms with Crippen LogP contribution in [-0.2, 0) is 12.8 Å². The van der Waals surface area contributed by atoms with Crippen LogP contribution in [0.4, 0.5) is 0 Å². The van der Waals surface area contributed by atoms with E-state index in [-0.39, 0.29) is 0 Å². The van der Waals surface area contributed by atoms with Crippen molar-refractivity contribution in [2.24, 2.45) is 0 Å². The van der Waals surface area contributed by atoms with Crippen molar-refractivity contribution >= 4 is 75.2 Å². The summed E-state index contributed by atoms with van der Waals surface area (Å²) in [4.78, 5) is 3.06. The van der Waals surface area contributed by atoms with Gasteiger partial charge >= 0.3 is 0 Å². The van der Waals surface area contributed by atoms with Gasteiger partial charge in [-0.2, -0.15) is 0 Å². The highest BCUT2D eigenvalue weighted by molar-refractivity contribution is 7.19. The number of hydrogen-bond acceptors (Lipinski definition) is 2. The molecule has 0 amide bonds. The zero-order valence-electron chi connectivity index (χ0n) is 20.2. The monoisotopic (exact) mass is 480 g/mol. The first kappa shape index (κ1) is 22.1. The van der Waals surface area contributed by atoms with Gasteiger partial charge in [0.05, 0.1) is 0 Å². The molecule has 0 fully saturated rings. The molecule has 6 rings (SSSR count). The normalized spacial score (nSPS) is 12.2. The minimum atomic E-state index is 1.21. The highest BCUT2D eigenvalue weighted by Gasteiger charge is 2.10. The Bertz CT molecular complexity index is 1510. The second-order valence-corrected chi connectivity index (χ2v) is 12.1. The second-order valence-electron chi connectivity index (χ2n) is 9.79. The Morgan fingerprint density at radius 3 is 1.38 bits per heavy atom. The predicted octanol–water partition coefficient (Wildman–Crippen LogP) is 11.0. The molecule has 6 aromatic rings. The summed E-state index contributed by atoms with van der Waals surface area (Å²) >= 11 is 3.96. The number of aryl methyl sites for hydroxylation is 2. The Kier molecular flexibility index (Phi) is 6.05. The summed E-state index contributed by atoms with van der Waals surface area (Å²) in [5, 5.41) is 11.0. The third-order valence-corrected chi connectivity index (χ3v) is 9.58. The van der Waals surface area contributed by atoms with E-state index in [1.54, 1.807) is 0 Å². The van der Waals surface area contributed by atoms with Crippen molar-refractivity contribution in [1.82, 2.24) is 0 Å². The highest BCUT2D eigenvalue weighted by atomic mass is 32.1. The van der Waals surface area contributed by atoms with Crippen molar-refractivity contribution in [2.45, 2.75) is 65.2 Å². The van der Waals surface area contributed by atoms with Gasteiger partial charge in [0.1, 0.15) is 0 Å². The summed E-state index contributed by atoms with van der Waals surface area (Å²) in [6, 6.07) is 23.9. The van der Waals surface area contributed by atoms with Crippen LogP contribution < -0.4 is 0 Å². The van der Waals surface area contributed by atoms with Crippen molar-refractivity contribution in [2.75, 3.05) is 0 Å². The molecule has 2 heterocycles. The van der Waals surface area contributed by atoms with Gasteiger partial charge in [0.2, 0.25) is 0 Å². The number of hydrogen-bond donors (Lipinski definition) is 0. The van der Waals surface area contributed by atoms with Gasteiger partial charge in [0.25, 0.3) is 0 Å². The van der Waals surface area contributed by atoms with Crippen LogP contribution in [0.25, 0.3) is 52.5 Å². The first-order valence-electron chi connectivity index (χ1n) is 13.0. The molecule has 172 valence electrons. The van der Waals surface area contributed by atoms with E-state index in [0.29, 0.717) is 0 Å². The van der Waals surface area contributed by atoms with E-state index in [9.17, 15) is 0 Å². The van der Waals surface area contributed by atoms with Gasteiger partial charge in [-0.15, -0.1) is 22.7 Å². The highest BCUT2D eigenvalue weighted by Crippen LogP contribution is 2.38. The molecule has 0 atom stereocenters. The van der Waals surface area contributed by atoms with E-state index in [2.05, 4.69) is 74.5 Å². The number of rotatable bonds is 8. The quantitative estimate of drug-likeness (QED) is 0.150. The Morgan fingerprint density at radius 2 is 0.941 bits per heavy atom. The molecule has 0 saturated heterocycles. The first-order chi connectivity index (χ1) is 16.7. The number of thiophene rings is 2. The maximum Gasteiger partial charge on any atom is 0.0352 e. The fraction of sp³-hybridized carbons (Fsp3) is 0.312. The van der Waals surface area contributed by atoms with Gasteiger partial charge < -0.3 is 0 Å². The minimum absolute atomic E-state index is 1.21. The molecule has 0 aliphatic rings. The van der Waals surface area contributed by atoms with Crippen molar-refractivity contribution < 1.29 is 0 Å². The van der Waals surface area contributed by atoms with E-state index < -0.39 is 0 Å². The van der Waals surface area contributed by atoms with Crippen molar-refractivity contribution in [3.05, 3.63) is 70.4 Å². The Morgan fingerprint density at radius 1 is 0.471 bits per heavy atom. The van der Waals surface area contributed by atoms with Crippen molar-refractivity contribution in [3.8, 4) is 0 Å². The van der Waals surface area contributed by atoms with Crippen molar-refractivity contribution in [1.29, 1.82) is 0 Å². The van der Waals surface area contributed by atoms with Crippen LogP contribution in [0.5, 0.6) is 0 Å². The first-order valence-corrected chi connectivity index (χ1v) is 14.6. The molecule has 0 aliphatic heterocycles.